The number of carbonyl (C=O) groups excluding carboxylic acids is 1. The highest BCUT2D eigenvalue weighted by Crippen LogP contribution is 2.35. The van der Waals surface area contributed by atoms with Crippen LogP contribution in [0.15, 0.2) is 117 Å². The molecule has 0 radical (unpaired) electrons. The molecule has 0 amide bonds. The molecule has 4 aromatic carbocycles. The predicted octanol–water partition coefficient (Wildman–Crippen LogP) is 7.07. The molecule has 0 bridgehead atoms. The van der Waals surface area contributed by atoms with E-state index >= 15 is 0 Å². The van der Waals surface area contributed by atoms with Crippen molar-refractivity contribution in [3.63, 3.8) is 0 Å². The number of fused-ring (bicyclic) bond motifs is 1. The summed E-state index contributed by atoms with van der Waals surface area (Å²) in [6.07, 6.45) is 1.77. The van der Waals surface area contributed by atoms with Crippen LogP contribution in [0.2, 0.25) is 5.02 Å². The van der Waals surface area contributed by atoms with Crippen molar-refractivity contribution in [2.75, 3.05) is 6.61 Å². The van der Waals surface area contributed by atoms with Gasteiger partial charge >= 0.3 is 5.97 Å². The van der Waals surface area contributed by atoms with E-state index in [0.717, 1.165) is 11.1 Å². The summed E-state index contributed by atoms with van der Waals surface area (Å²) in [6.45, 7) is 2.15. The summed E-state index contributed by atoms with van der Waals surface area (Å²) in [4.78, 5) is 32.8. The summed E-state index contributed by atoms with van der Waals surface area (Å²) < 4.78 is 28.0. The van der Waals surface area contributed by atoms with Crippen LogP contribution in [-0.4, -0.2) is 17.1 Å². The molecule has 6 rings (SSSR count). The fraction of sp³-hybridized carbons (Fsp3) is 0.114. The lowest BCUT2D eigenvalue weighted by Gasteiger charge is -2.25. The quantitative estimate of drug-likeness (QED) is 0.162. The molecular formula is C35H25BrClFN2O4S. The number of ether oxygens (including phenoxy) is 2. The van der Waals surface area contributed by atoms with Gasteiger partial charge in [0.15, 0.2) is 4.80 Å². The van der Waals surface area contributed by atoms with E-state index in [1.54, 1.807) is 25.1 Å². The Balaban J connectivity index is 1.46. The first kappa shape index (κ1) is 30.7. The van der Waals surface area contributed by atoms with Gasteiger partial charge in [0.1, 0.15) is 18.2 Å². The molecule has 0 aliphatic carbocycles. The van der Waals surface area contributed by atoms with Gasteiger partial charge in [0, 0.05) is 16.1 Å². The number of halogens is 3. The van der Waals surface area contributed by atoms with Crippen LogP contribution in [-0.2, 0) is 16.1 Å². The average molecular weight is 704 g/mol. The number of thiazole rings is 1. The standard InChI is InChI=1S/C35H25BrClFN2O4S/c1-2-43-34(42)30-31(22-8-4-3-5-9-22)39-35-40(32(30)23-13-15-25(38)16-14-23)33(41)29(45-35)19-21-12-17-28(26(36)18-21)44-20-24-10-6-7-11-27(24)37/h3-19,32H,2,20H2,1H3/b29-19+. The summed E-state index contributed by atoms with van der Waals surface area (Å²) in [5.41, 5.74) is 3.14. The Morgan fingerprint density at radius 1 is 1.04 bits per heavy atom. The summed E-state index contributed by atoms with van der Waals surface area (Å²) in [7, 11) is 0. The lowest BCUT2D eigenvalue weighted by molar-refractivity contribution is -0.138. The van der Waals surface area contributed by atoms with Crippen LogP contribution in [0.4, 0.5) is 4.39 Å². The van der Waals surface area contributed by atoms with Gasteiger partial charge in [-0.1, -0.05) is 89.7 Å². The number of esters is 1. The smallest absolute Gasteiger partial charge is 0.338 e. The first-order chi connectivity index (χ1) is 21.8. The summed E-state index contributed by atoms with van der Waals surface area (Å²) in [5, 5.41) is 0.626. The maximum atomic E-state index is 14.1. The van der Waals surface area contributed by atoms with Crippen LogP contribution in [0, 0.1) is 5.82 Å². The van der Waals surface area contributed by atoms with E-state index in [2.05, 4.69) is 15.9 Å². The summed E-state index contributed by atoms with van der Waals surface area (Å²) >= 11 is 11.1. The molecule has 1 aliphatic rings. The SMILES string of the molecule is CCOC(=O)C1=C(c2ccccc2)N=c2s/c(=C/c3ccc(OCc4ccccc4Cl)c(Br)c3)c(=O)n2C1c1ccc(F)cc1. The van der Waals surface area contributed by atoms with Gasteiger partial charge in [-0.2, -0.15) is 0 Å². The molecule has 1 aromatic heterocycles. The highest BCUT2D eigenvalue weighted by Gasteiger charge is 2.35. The fourth-order valence-corrected chi connectivity index (χ4v) is 6.75. The molecule has 0 spiro atoms. The number of rotatable bonds is 8. The van der Waals surface area contributed by atoms with Gasteiger partial charge in [0.25, 0.3) is 5.56 Å². The highest BCUT2D eigenvalue weighted by molar-refractivity contribution is 9.10. The topological polar surface area (TPSA) is 69.9 Å². The Bertz CT molecular complexity index is 2110. The second kappa shape index (κ2) is 13.4. The van der Waals surface area contributed by atoms with Crippen molar-refractivity contribution in [2.24, 2.45) is 4.99 Å². The van der Waals surface area contributed by atoms with E-state index in [4.69, 9.17) is 26.1 Å². The second-order valence-electron chi connectivity index (χ2n) is 10.1. The molecule has 5 aromatic rings. The molecule has 226 valence electrons. The normalized spacial score (nSPS) is 14.6. The molecule has 45 heavy (non-hydrogen) atoms. The van der Waals surface area contributed by atoms with Crippen LogP contribution in [0.1, 0.15) is 35.2 Å². The minimum atomic E-state index is -0.884. The largest absolute Gasteiger partial charge is 0.488 e. The van der Waals surface area contributed by atoms with E-state index in [0.29, 0.717) is 48.0 Å². The number of aromatic nitrogens is 1. The van der Waals surface area contributed by atoms with Crippen LogP contribution in [0.25, 0.3) is 11.8 Å². The number of hydrogen-bond acceptors (Lipinski definition) is 6. The Hall–Kier alpha value is -4.31. The van der Waals surface area contributed by atoms with E-state index < -0.39 is 17.8 Å². The lowest BCUT2D eigenvalue weighted by atomic mass is 9.93. The zero-order chi connectivity index (χ0) is 31.5. The molecule has 1 unspecified atom stereocenters. The number of nitrogens with zero attached hydrogens (tertiary/aromatic N) is 2. The van der Waals surface area contributed by atoms with Crippen LogP contribution in [0.3, 0.4) is 0 Å². The van der Waals surface area contributed by atoms with Gasteiger partial charge < -0.3 is 9.47 Å². The molecule has 0 N–H and O–H groups in total. The number of hydrogen-bond donors (Lipinski definition) is 0. The lowest BCUT2D eigenvalue weighted by Crippen LogP contribution is -2.40. The van der Waals surface area contributed by atoms with Crippen molar-refractivity contribution in [1.29, 1.82) is 0 Å². The maximum absolute atomic E-state index is 14.1. The number of carbonyl (C=O) groups is 1. The van der Waals surface area contributed by atoms with Gasteiger partial charge in [0.2, 0.25) is 0 Å². The Morgan fingerprint density at radius 3 is 2.49 bits per heavy atom. The molecule has 10 heteroatoms. The Kier molecular flexibility index (Phi) is 9.11. The molecule has 1 aliphatic heterocycles. The van der Waals surface area contributed by atoms with E-state index in [9.17, 15) is 14.0 Å². The highest BCUT2D eigenvalue weighted by atomic mass is 79.9. The third kappa shape index (κ3) is 6.42. The third-order valence-electron chi connectivity index (χ3n) is 7.15. The third-order valence-corrected chi connectivity index (χ3v) is 9.13. The van der Waals surface area contributed by atoms with E-state index in [1.165, 1.54) is 28.0 Å². The summed E-state index contributed by atoms with van der Waals surface area (Å²) in [5.74, 6) is -0.405. The number of benzene rings is 4. The van der Waals surface area contributed by atoms with Crippen LogP contribution >= 0.6 is 38.9 Å². The molecule has 2 heterocycles. The maximum Gasteiger partial charge on any atom is 0.338 e. The van der Waals surface area contributed by atoms with Gasteiger partial charge in [-0.25, -0.2) is 14.2 Å². The summed E-state index contributed by atoms with van der Waals surface area (Å²) in [6, 6.07) is 27.1. The van der Waals surface area contributed by atoms with Crippen molar-refractivity contribution in [2.45, 2.75) is 19.6 Å². The minimum absolute atomic E-state index is 0.137. The van der Waals surface area contributed by atoms with Crippen molar-refractivity contribution >= 4 is 56.6 Å². The van der Waals surface area contributed by atoms with Crippen molar-refractivity contribution in [3.05, 3.63) is 160 Å². The zero-order valence-electron chi connectivity index (χ0n) is 23.9. The van der Waals surface area contributed by atoms with Gasteiger partial charge in [0.05, 0.1) is 32.9 Å². The van der Waals surface area contributed by atoms with E-state index in [-0.39, 0.29) is 17.7 Å². The Morgan fingerprint density at radius 2 is 1.78 bits per heavy atom. The average Bonchev–Trinajstić information content (AvgIpc) is 3.35. The molecule has 0 fully saturated rings. The van der Waals surface area contributed by atoms with Crippen molar-refractivity contribution < 1.29 is 18.7 Å². The monoisotopic (exact) mass is 702 g/mol. The second-order valence-corrected chi connectivity index (χ2v) is 12.3. The van der Waals surface area contributed by atoms with Crippen LogP contribution in [0.5, 0.6) is 5.75 Å². The first-order valence-electron chi connectivity index (χ1n) is 14.0. The fourth-order valence-electron chi connectivity index (χ4n) is 5.05. The Labute approximate surface area is 275 Å². The molecule has 1 atom stereocenters. The van der Waals surface area contributed by atoms with Crippen molar-refractivity contribution in [3.8, 4) is 5.75 Å². The van der Waals surface area contributed by atoms with Gasteiger partial charge in [-0.3, -0.25) is 9.36 Å². The van der Waals surface area contributed by atoms with Gasteiger partial charge in [-0.05, 0) is 70.4 Å². The van der Waals surface area contributed by atoms with E-state index in [1.807, 2.05) is 72.8 Å². The first-order valence-corrected chi connectivity index (χ1v) is 16.0. The molecule has 6 nitrogen and oxygen atoms in total. The van der Waals surface area contributed by atoms with Crippen LogP contribution < -0.4 is 19.6 Å². The van der Waals surface area contributed by atoms with Gasteiger partial charge in [-0.15, -0.1) is 0 Å². The molecular weight excluding hydrogens is 679 g/mol. The minimum Gasteiger partial charge on any atom is -0.488 e. The zero-order valence-corrected chi connectivity index (χ0v) is 27.0. The predicted molar refractivity (Wildman–Crippen MR) is 177 cm³/mol. The van der Waals surface area contributed by atoms with Crippen molar-refractivity contribution in [1.82, 2.24) is 4.57 Å². The molecule has 0 saturated carbocycles. The molecule has 0 saturated heterocycles.